The van der Waals surface area contributed by atoms with Gasteiger partial charge in [0.2, 0.25) is 0 Å². The van der Waals surface area contributed by atoms with E-state index in [2.05, 4.69) is 0 Å². The summed E-state index contributed by atoms with van der Waals surface area (Å²) in [6.45, 7) is 3.73. The van der Waals surface area contributed by atoms with Crippen molar-refractivity contribution in [2.75, 3.05) is 0 Å². The van der Waals surface area contributed by atoms with Crippen LogP contribution < -0.4 is 4.74 Å². The molecule has 2 aromatic rings. The summed E-state index contributed by atoms with van der Waals surface area (Å²) in [5.41, 5.74) is 1.48. The normalized spacial score (nSPS) is 16.2. The maximum Gasteiger partial charge on any atom is 0.342 e. The quantitative estimate of drug-likeness (QED) is 0.733. The maximum absolute atomic E-state index is 12.3. The zero-order valence-corrected chi connectivity index (χ0v) is 14.1. The topological polar surface area (TPSA) is 96.2 Å². The van der Waals surface area contributed by atoms with E-state index in [0.717, 1.165) is 6.42 Å². The Morgan fingerprint density at radius 3 is 2.60 bits per heavy atom. The van der Waals surface area contributed by atoms with Crippen LogP contribution in [0.1, 0.15) is 41.8 Å². The van der Waals surface area contributed by atoms with Gasteiger partial charge in [0.05, 0.1) is 0 Å². The molecule has 1 heterocycles. The van der Waals surface area contributed by atoms with E-state index >= 15 is 0 Å². The molecule has 1 aliphatic heterocycles. The number of cyclic esters (lactones) is 1. The Labute approximate surface area is 145 Å². The highest BCUT2D eigenvalue weighted by molar-refractivity contribution is 5.95. The van der Waals surface area contributed by atoms with Crippen molar-refractivity contribution in [3.63, 3.8) is 0 Å². The van der Waals surface area contributed by atoms with E-state index in [1.165, 1.54) is 24.3 Å². The van der Waals surface area contributed by atoms with Crippen LogP contribution in [0.4, 0.5) is 0 Å². The number of esters is 1. The van der Waals surface area contributed by atoms with Crippen molar-refractivity contribution in [3.8, 4) is 28.7 Å². The molecule has 0 unspecified atom stereocenters. The third kappa shape index (κ3) is 3.33. The van der Waals surface area contributed by atoms with Crippen molar-refractivity contribution in [2.24, 2.45) is 0 Å². The van der Waals surface area contributed by atoms with Gasteiger partial charge in [-0.05, 0) is 31.0 Å². The molecule has 0 aromatic heterocycles. The van der Waals surface area contributed by atoms with Gasteiger partial charge in [0.15, 0.2) is 11.5 Å². The maximum atomic E-state index is 12.3. The van der Waals surface area contributed by atoms with Crippen molar-refractivity contribution >= 4 is 5.97 Å². The molecule has 0 saturated carbocycles. The average molecular weight is 344 g/mol. The Kier molecular flexibility index (Phi) is 4.44. The lowest BCUT2D eigenvalue weighted by Gasteiger charge is -2.24. The number of rotatable bonds is 4. The van der Waals surface area contributed by atoms with Crippen LogP contribution in [-0.4, -0.2) is 27.4 Å². The molecule has 3 rings (SSSR count). The fraction of sp³-hybridized carbons (Fsp3) is 0.316. The summed E-state index contributed by atoms with van der Waals surface area (Å²) >= 11 is 0. The lowest BCUT2D eigenvalue weighted by atomic mass is 9.98. The van der Waals surface area contributed by atoms with Gasteiger partial charge in [-0.25, -0.2) is 4.79 Å². The van der Waals surface area contributed by atoms with E-state index in [9.17, 15) is 20.1 Å². The van der Waals surface area contributed by atoms with Crippen LogP contribution in [-0.2, 0) is 17.6 Å². The first kappa shape index (κ1) is 17.0. The minimum Gasteiger partial charge on any atom is -0.508 e. The summed E-state index contributed by atoms with van der Waals surface area (Å²) < 4.78 is 11.1. The van der Waals surface area contributed by atoms with E-state index in [-0.39, 0.29) is 40.4 Å². The number of ether oxygens (including phenoxy) is 2. The SMILES string of the molecule is CCCc1cc(O)cc(O)c1Oc1cc(O)cc2c1C(=O)O[C@H](C)C2. The molecule has 0 bridgehead atoms. The van der Waals surface area contributed by atoms with Crippen molar-refractivity contribution in [2.45, 2.75) is 39.2 Å². The molecule has 0 radical (unpaired) electrons. The molecular weight excluding hydrogens is 324 g/mol. The molecule has 0 amide bonds. The van der Waals surface area contributed by atoms with Crippen molar-refractivity contribution in [1.82, 2.24) is 0 Å². The summed E-state index contributed by atoms with van der Waals surface area (Å²) in [6.07, 6.45) is 1.53. The molecular formula is C19H20O6. The number of aromatic hydroxyl groups is 3. The van der Waals surface area contributed by atoms with Gasteiger partial charge in [-0.2, -0.15) is 0 Å². The number of aryl methyl sites for hydroxylation is 1. The molecule has 6 nitrogen and oxygen atoms in total. The van der Waals surface area contributed by atoms with Gasteiger partial charge in [0.25, 0.3) is 0 Å². The smallest absolute Gasteiger partial charge is 0.342 e. The summed E-state index contributed by atoms with van der Waals surface area (Å²) in [5, 5.41) is 29.8. The zero-order valence-electron chi connectivity index (χ0n) is 14.1. The van der Waals surface area contributed by atoms with Gasteiger partial charge in [0, 0.05) is 24.1 Å². The second kappa shape index (κ2) is 6.55. The van der Waals surface area contributed by atoms with Crippen LogP contribution in [0.15, 0.2) is 24.3 Å². The van der Waals surface area contributed by atoms with E-state index in [4.69, 9.17) is 9.47 Å². The predicted molar refractivity (Wildman–Crippen MR) is 90.5 cm³/mol. The molecule has 25 heavy (non-hydrogen) atoms. The lowest BCUT2D eigenvalue weighted by Crippen LogP contribution is -2.25. The first-order chi connectivity index (χ1) is 11.9. The van der Waals surface area contributed by atoms with Crippen LogP contribution in [0.5, 0.6) is 28.7 Å². The first-order valence-corrected chi connectivity index (χ1v) is 8.18. The Bertz CT molecular complexity index is 827. The zero-order chi connectivity index (χ0) is 18.1. The number of phenols is 3. The summed E-state index contributed by atoms with van der Waals surface area (Å²) in [7, 11) is 0. The molecule has 0 saturated heterocycles. The fourth-order valence-electron chi connectivity index (χ4n) is 3.06. The van der Waals surface area contributed by atoms with Crippen molar-refractivity contribution < 1.29 is 29.6 Å². The highest BCUT2D eigenvalue weighted by Crippen LogP contribution is 2.42. The number of carbonyl (C=O) groups is 1. The fourth-order valence-corrected chi connectivity index (χ4v) is 3.06. The highest BCUT2D eigenvalue weighted by Gasteiger charge is 2.29. The first-order valence-electron chi connectivity index (χ1n) is 8.18. The van der Waals surface area contributed by atoms with Crippen LogP contribution >= 0.6 is 0 Å². The molecule has 0 aliphatic carbocycles. The third-order valence-electron chi connectivity index (χ3n) is 4.05. The Morgan fingerprint density at radius 2 is 1.88 bits per heavy atom. The third-order valence-corrected chi connectivity index (χ3v) is 4.05. The van der Waals surface area contributed by atoms with Gasteiger partial charge < -0.3 is 24.8 Å². The Hall–Kier alpha value is -2.89. The number of hydrogen-bond acceptors (Lipinski definition) is 6. The van der Waals surface area contributed by atoms with E-state index in [1.54, 1.807) is 6.92 Å². The number of carbonyl (C=O) groups excluding carboxylic acids is 1. The minimum absolute atomic E-state index is 0.0361. The minimum atomic E-state index is -0.529. The second-order valence-corrected chi connectivity index (χ2v) is 6.20. The Balaban J connectivity index is 2.09. The molecule has 0 fully saturated rings. The number of fused-ring (bicyclic) bond motifs is 1. The van der Waals surface area contributed by atoms with Crippen LogP contribution in [0.25, 0.3) is 0 Å². The molecule has 0 spiro atoms. The van der Waals surface area contributed by atoms with Crippen LogP contribution in [0, 0.1) is 0 Å². The average Bonchev–Trinajstić information content (AvgIpc) is 2.49. The molecule has 1 atom stereocenters. The van der Waals surface area contributed by atoms with E-state index < -0.39 is 5.97 Å². The predicted octanol–water partition coefficient (Wildman–Crippen LogP) is 3.65. The van der Waals surface area contributed by atoms with Crippen molar-refractivity contribution in [1.29, 1.82) is 0 Å². The van der Waals surface area contributed by atoms with Crippen LogP contribution in [0.2, 0.25) is 0 Å². The lowest BCUT2D eigenvalue weighted by molar-refractivity contribution is 0.0297. The monoisotopic (exact) mass is 344 g/mol. The standard InChI is InChI=1S/C19H20O6/c1-3-4-11-6-13(20)8-15(22)18(11)25-16-9-14(21)7-12-5-10(2)24-19(23)17(12)16/h6-10,20-22H,3-5H2,1-2H3/t10-/m1/s1. The van der Waals surface area contributed by atoms with Gasteiger partial charge in [-0.3, -0.25) is 0 Å². The number of hydrogen-bond donors (Lipinski definition) is 3. The summed E-state index contributed by atoms with van der Waals surface area (Å²) in [4.78, 5) is 12.3. The van der Waals surface area contributed by atoms with E-state index in [0.29, 0.717) is 24.0 Å². The summed E-state index contributed by atoms with van der Waals surface area (Å²) in [6, 6.07) is 5.51. The summed E-state index contributed by atoms with van der Waals surface area (Å²) in [5.74, 6) is -0.605. The van der Waals surface area contributed by atoms with Crippen molar-refractivity contribution in [3.05, 3.63) is 41.0 Å². The molecule has 6 heteroatoms. The molecule has 1 aliphatic rings. The molecule has 3 N–H and O–H groups in total. The largest absolute Gasteiger partial charge is 0.508 e. The Morgan fingerprint density at radius 1 is 1.16 bits per heavy atom. The molecule has 2 aromatic carbocycles. The van der Waals surface area contributed by atoms with Gasteiger partial charge in [0.1, 0.15) is 28.9 Å². The number of benzene rings is 2. The van der Waals surface area contributed by atoms with Gasteiger partial charge in [-0.1, -0.05) is 13.3 Å². The number of phenolic OH excluding ortho intramolecular Hbond substituents is 3. The van der Waals surface area contributed by atoms with Crippen LogP contribution in [0.3, 0.4) is 0 Å². The van der Waals surface area contributed by atoms with Gasteiger partial charge in [-0.15, -0.1) is 0 Å². The van der Waals surface area contributed by atoms with E-state index in [1.807, 2.05) is 6.92 Å². The van der Waals surface area contributed by atoms with Gasteiger partial charge >= 0.3 is 5.97 Å². The molecule has 132 valence electrons. The highest BCUT2D eigenvalue weighted by atomic mass is 16.5. The second-order valence-electron chi connectivity index (χ2n) is 6.20.